The fourth-order valence-electron chi connectivity index (χ4n) is 0.472. The van der Waals surface area contributed by atoms with Crippen LogP contribution in [0.4, 0.5) is 0 Å². The minimum atomic E-state index is 1.05. The number of rotatable bonds is 0. The van der Waals surface area contributed by atoms with E-state index in [1.165, 1.54) is 0 Å². The molecule has 1 aliphatic rings. The number of hydrogen-bond donors (Lipinski definition) is 0. The predicted molar refractivity (Wildman–Crippen MR) is 32.4 cm³/mol. The van der Waals surface area contributed by atoms with Crippen molar-refractivity contribution < 1.29 is 0 Å². The standard InChI is InChI=1S/C6H6B/c1-2-4-6-7-5-3-1/h1-3,6H,5H2. The first-order chi connectivity index (χ1) is 3.50. The van der Waals surface area contributed by atoms with E-state index in [1.54, 1.807) is 0 Å². The van der Waals surface area contributed by atoms with Gasteiger partial charge in [-0.25, -0.2) is 0 Å². The van der Waals surface area contributed by atoms with Gasteiger partial charge in [0.15, 0.2) is 7.28 Å². The molecule has 1 radical (unpaired) electrons. The van der Waals surface area contributed by atoms with Crippen molar-refractivity contribution in [3.8, 4) is 0 Å². The third-order valence-corrected chi connectivity index (χ3v) is 0.815. The zero-order valence-corrected chi connectivity index (χ0v) is 4.09. The van der Waals surface area contributed by atoms with E-state index in [0.717, 1.165) is 6.32 Å². The molecule has 33 valence electrons. The fourth-order valence-corrected chi connectivity index (χ4v) is 0.472. The highest BCUT2D eigenvalue weighted by molar-refractivity contribution is 6.42. The van der Waals surface area contributed by atoms with E-state index in [2.05, 4.69) is 19.1 Å². The molecule has 7 heavy (non-hydrogen) atoms. The Morgan fingerprint density at radius 2 is 2.57 bits per heavy atom. The monoisotopic (exact) mass is 89.1 g/mol. The van der Waals surface area contributed by atoms with Crippen molar-refractivity contribution in [3.63, 3.8) is 0 Å². The van der Waals surface area contributed by atoms with Crippen molar-refractivity contribution in [1.82, 2.24) is 0 Å². The van der Waals surface area contributed by atoms with Crippen LogP contribution in [0.1, 0.15) is 0 Å². The molecule has 0 spiro atoms. The molecule has 0 amide bonds. The maximum atomic E-state index is 2.95. The molecular weight excluding hydrogens is 82.9 g/mol. The van der Waals surface area contributed by atoms with Crippen LogP contribution in [-0.4, -0.2) is 7.28 Å². The lowest BCUT2D eigenvalue weighted by molar-refractivity contribution is 1.70. The van der Waals surface area contributed by atoms with Gasteiger partial charge in [0.25, 0.3) is 0 Å². The van der Waals surface area contributed by atoms with Crippen LogP contribution in [0.5, 0.6) is 0 Å². The van der Waals surface area contributed by atoms with E-state index in [1.807, 2.05) is 18.1 Å². The summed E-state index contributed by atoms with van der Waals surface area (Å²) >= 11 is 0. The summed E-state index contributed by atoms with van der Waals surface area (Å²) in [6.45, 7) is 0. The summed E-state index contributed by atoms with van der Waals surface area (Å²) in [7, 11) is 2.07. The third kappa shape index (κ3) is 1.47. The van der Waals surface area contributed by atoms with Gasteiger partial charge in [0.05, 0.1) is 0 Å². The van der Waals surface area contributed by atoms with Gasteiger partial charge in [-0.15, -0.1) is 5.73 Å². The lowest BCUT2D eigenvalue weighted by Crippen LogP contribution is -1.74. The summed E-state index contributed by atoms with van der Waals surface area (Å²) in [5.74, 6) is 1.93. The van der Waals surface area contributed by atoms with Crippen molar-refractivity contribution in [2.45, 2.75) is 6.32 Å². The van der Waals surface area contributed by atoms with E-state index in [0.29, 0.717) is 0 Å². The highest BCUT2D eigenvalue weighted by atomic mass is 13.6. The maximum Gasteiger partial charge on any atom is 0.156 e. The van der Waals surface area contributed by atoms with Gasteiger partial charge in [-0.2, -0.15) is 0 Å². The van der Waals surface area contributed by atoms with Gasteiger partial charge in [0.1, 0.15) is 0 Å². The first-order valence-electron chi connectivity index (χ1n) is 2.39. The molecule has 0 saturated heterocycles. The lowest BCUT2D eigenvalue weighted by Gasteiger charge is -1.72. The van der Waals surface area contributed by atoms with Crippen molar-refractivity contribution in [1.29, 1.82) is 0 Å². The Morgan fingerprint density at radius 1 is 1.57 bits per heavy atom. The summed E-state index contributed by atoms with van der Waals surface area (Å²) in [6.07, 6.45) is 7.05. The van der Waals surface area contributed by atoms with Crippen LogP contribution < -0.4 is 0 Å². The lowest BCUT2D eigenvalue weighted by atomic mass is 9.75. The summed E-state index contributed by atoms with van der Waals surface area (Å²) in [5, 5.41) is 0. The summed E-state index contributed by atoms with van der Waals surface area (Å²) in [4.78, 5) is 0. The summed E-state index contributed by atoms with van der Waals surface area (Å²) in [5.41, 5.74) is 2.95. The van der Waals surface area contributed by atoms with Gasteiger partial charge >= 0.3 is 0 Å². The predicted octanol–water partition coefficient (Wildman–Crippen LogP) is 1.35. The van der Waals surface area contributed by atoms with E-state index in [9.17, 15) is 0 Å². The van der Waals surface area contributed by atoms with Gasteiger partial charge in [0, 0.05) is 0 Å². The molecule has 0 aliphatic carbocycles. The average Bonchev–Trinajstić information content (AvgIpc) is 1.90. The molecule has 1 aliphatic heterocycles. The molecule has 0 aromatic heterocycles. The van der Waals surface area contributed by atoms with E-state index in [4.69, 9.17) is 0 Å². The van der Waals surface area contributed by atoms with Crippen LogP contribution in [0.3, 0.4) is 0 Å². The SMILES string of the molecule is [B]1C=C=CC=CC1. The van der Waals surface area contributed by atoms with Crippen molar-refractivity contribution >= 4 is 7.28 Å². The second kappa shape index (κ2) is 2.49. The van der Waals surface area contributed by atoms with Crippen LogP contribution in [-0.2, 0) is 0 Å². The van der Waals surface area contributed by atoms with E-state index < -0.39 is 0 Å². The van der Waals surface area contributed by atoms with Crippen LogP contribution in [0.15, 0.2) is 29.9 Å². The Morgan fingerprint density at radius 3 is 3.57 bits per heavy atom. The van der Waals surface area contributed by atoms with Crippen LogP contribution in [0.2, 0.25) is 6.32 Å². The van der Waals surface area contributed by atoms with E-state index >= 15 is 0 Å². The third-order valence-electron chi connectivity index (χ3n) is 0.815. The Balaban J connectivity index is 2.65. The van der Waals surface area contributed by atoms with Gasteiger partial charge < -0.3 is 0 Å². The Bertz CT molecular complexity index is 127. The Hall–Kier alpha value is -0.675. The minimum Gasteiger partial charge on any atom is -0.136 e. The largest absolute Gasteiger partial charge is 0.156 e. The smallest absolute Gasteiger partial charge is 0.136 e. The highest BCUT2D eigenvalue weighted by Crippen LogP contribution is 1.87. The molecule has 1 heteroatoms. The van der Waals surface area contributed by atoms with Crippen LogP contribution in [0, 0.1) is 0 Å². The van der Waals surface area contributed by atoms with Crippen LogP contribution >= 0.6 is 0 Å². The molecule has 0 unspecified atom stereocenters. The first-order valence-corrected chi connectivity index (χ1v) is 2.39. The zero-order valence-electron chi connectivity index (χ0n) is 4.09. The average molecular weight is 88.9 g/mol. The highest BCUT2D eigenvalue weighted by Gasteiger charge is 1.78. The van der Waals surface area contributed by atoms with Crippen molar-refractivity contribution in [2.75, 3.05) is 0 Å². The molecular formula is C6H6B. The molecule has 0 N–H and O–H groups in total. The molecule has 0 fully saturated rings. The molecule has 0 saturated carbocycles. The molecule has 1 rings (SSSR count). The second-order valence-electron chi connectivity index (χ2n) is 1.40. The molecule has 0 aromatic rings. The first kappa shape index (κ1) is 4.48. The fraction of sp³-hybridized carbons (Fsp3) is 0.167. The van der Waals surface area contributed by atoms with Gasteiger partial charge in [-0.1, -0.05) is 24.4 Å². The summed E-state index contributed by atoms with van der Waals surface area (Å²) < 4.78 is 0. The molecule has 0 nitrogen and oxygen atoms in total. The second-order valence-corrected chi connectivity index (χ2v) is 1.40. The normalized spacial score (nSPS) is 16.0. The van der Waals surface area contributed by atoms with Gasteiger partial charge in [-0.3, -0.25) is 0 Å². The minimum absolute atomic E-state index is 1.05. The zero-order chi connectivity index (χ0) is 4.95. The van der Waals surface area contributed by atoms with Crippen molar-refractivity contribution in [3.05, 3.63) is 29.9 Å². The quantitative estimate of drug-likeness (QED) is 0.310. The summed E-state index contributed by atoms with van der Waals surface area (Å²) in [6, 6.07) is 0. The van der Waals surface area contributed by atoms with Crippen molar-refractivity contribution in [2.24, 2.45) is 0 Å². The maximum absolute atomic E-state index is 2.95. The molecule has 0 atom stereocenters. The number of allylic oxidation sites excluding steroid dienone is 3. The Kier molecular flexibility index (Phi) is 1.59. The van der Waals surface area contributed by atoms with E-state index in [-0.39, 0.29) is 0 Å². The van der Waals surface area contributed by atoms with Gasteiger partial charge in [-0.05, 0) is 6.08 Å². The topological polar surface area (TPSA) is 0 Å². The number of hydrogen-bond acceptors (Lipinski definition) is 0. The Labute approximate surface area is 44.5 Å². The molecule has 0 bridgehead atoms. The molecule has 0 aromatic carbocycles. The van der Waals surface area contributed by atoms with Gasteiger partial charge in [0.2, 0.25) is 0 Å². The van der Waals surface area contributed by atoms with Crippen LogP contribution in [0.25, 0.3) is 0 Å². The molecule has 1 heterocycles.